The molecule has 0 bridgehead atoms. The molecule has 3 N–H and O–H groups in total. The van der Waals surface area contributed by atoms with E-state index in [9.17, 15) is 19.5 Å². The first-order chi connectivity index (χ1) is 15.4. The van der Waals surface area contributed by atoms with E-state index in [1.54, 1.807) is 48.7 Å². The Kier molecular flexibility index (Phi) is 6.20. The molecule has 1 aliphatic heterocycles. The number of rotatable bonds is 4. The lowest BCUT2D eigenvalue weighted by molar-refractivity contribution is -0.119. The van der Waals surface area contributed by atoms with Gasteiger partial charge in [-0.2, -0.15) is 0 Å². The zero-order valence-electron chi connectivity index (χ0n) is 16.8. The summed E-state index contributed by atoms with van der Waals surface area (Å²) in [5.74, 6) is -0.421. The molecule has 0 saturated carbocycles. The molecule has 32 heavy (non-hydrogen) atoms. The lowest BCUT2D eigenvalue weighted by Crippen LogP contribution is -2.45. The molecule has 3 amide bonds. The van der Waals surface area contributed by atoms with Gasteiger partial charge in [-0.25, -0.2) is 9.78 Å². The molecule has 1 fully saturated rings. The number of halogens is 1. The second kappa shape index (κ2) is 9.21. The Morgan fingerprint density at radius 3 is 2.47 bits per heavy atom. The number of benzene rings is 1. The fraction of sp³-hybridized carbons (Fsp3) is 0.182. The number of aromatic nitrogens is 2. The molecule has 2 aromatic heterocycles. The average Bonchev–Trinajstić information content (AvgIpc) is 3.18. The first-order valence-electron chi connectivity index (χ1n) is 9.87. The minimum absolute atomic E-state index is 0.0286. The normalized spacial score (nSPS) is 17.8. The van der Waals surface area contributed by atoms with E-state index in [2.05, 4.69) is 15.6 Å². The van der Waals surface area contributed by atoms with Gasteiger partial charge in [-0.05, 0) is 42.5 Å². The Labute approximate surface area is 188 Å². The summed E-state index contributed by atoms with van der Waals surface area (Å²) in [4.78, 5) is 42.7. The fourth-order valence-corrected chi connectivity index (χ4v) is 3.62. The molecule has 0 radical (unpaired) electrons. The Hall–Kier alpha value is -3.69. The molecule has 10 heteroatoms. The molecule has 164 valence electrons. The van der Waals surface area contributed by atoms with Crippen LogP contribution in [0.4, 0.5) is 16.2 Å². The lowest BCUT2D eigenvalue weighted by Gasteiger charge is -2.24. The number of aliphatic hydroxyl groups is 1. The summed E-state index contributed by atoms with van der Waals surface area (Å²) in [6.45, 7) is 0.0286. The quantitative estimate of drug-likeness (QED) is 0.525. The van der Waals surface area contributed by atoms with Gasteiger partial charge < -0.3 is 20.6 Å². The summed E-state index contributed by atoms with van der Waals surface area (Å²) in [6.07, 6.45) is 2.37. The van der Waals surface area contributed by atoms with Crippen LogP contribution in [0.5, 0.6) is 0 Å². The molecule has 2 atom stereocenters. The summed E-state index contributed by atoms with van der Waals surface area (Å²) >= 11 is 5.75. The minimum atomic E-state index is -0.846. The molecule has 0 spiro atoms. The first kappa shape index (κ1) is 21.5. The fourth-order valence-electron chi connectivity index (χ4n) is 3.50. The van der Waals surface area contributed by atoms with E-state index in [1.165, 1.54) is 27.8 Å². The van der Waals surface area contributed by atoms with Gasteiger partial charge in [-0.1, -0.05) is 17.7 Å². The highest BCUT2D eigenvalue weighted by atomic mass is 35.5. The van der Waals surface area contributed by atoms with Gasteiger partial charge in [0.2, 0.25) is 5.91 Å². The van der Waals surface area contributed by atoms with Crippen molar-refractivity contribution >= 4 is 34.9 Å². The summed E-state index contributed by atoms with van der Waals surface area (Å²) in [7, 11) is 0. The second-order valence-corrected chi connectivity index (χ2v) is 7.69. The van der Waals surface area contributed by atoms with Crippen LogP contribution in [0.3, 0.4) is 0 Å². The Balaban J connectivity index is 1.44. The zero-order valence-corrected chi connectivity index (χ0v) is 17.6. The number of likely N-dealkylation sites (tertiary alicyclic amines) is 1. The van der Waals surface area contributed by atoms with Crippen LogP contribution in [0.2, 0.25) is 5.15 Å². The van der Waals surface area contributed by atoms with Crippen LogP contribution >= 0.6 is 11.6 Å². The molecule has 0 aliphatic carbocycles. The largest absolute Gasteiger partial charge is 0.391 e. The van der Waals surface area contributed by atoms with Crippen molar-refractivity contribution in [2.45, 2.75) is 18.6 Å². The monoisotopic (exact) mass is 453 g/mol. The predicted molar refractivity (Wildman–Crippen MR) is 120 cm³/mol. The Morgan fingerprint density at radius 2 is 1.78 bits per heavy atom. The summed E-state index contributed by atoms with van der Waals surface area (Å²) in [5, 5.41) is 15.8. The van der Waals surface area contributed by atoms with E-state index in [0.29, 0.717) is 22.2 Å². The van der Waals surface area contributed by atoms with E-state index in [-0.39, 0.29) is 18.5 Å². The van der Waals surface area contributed by atoms with Crippen LogP contribution < -0.4 is 16.2 Å². The number of nitrogens with zero attached hydrogens (tertiary/aromatic N) is 3. The summed E-state index contributed by atoms with van der Waals surface area (Å²) in [6, 6.07) is 13.4. The van der Waals surface area contributed by atoms with Crippen LogP contribution in [0.15, 0.2) is 71.8 Å². The van der Waals surface area contributed by atoms with Crippen molar-refractivity contribution in [3.05, 3.63) is 82.5 Å². The molecule has 1 aromatic carbocycles. The van der Waals surface area contributed by atoms with Gasteiger partial charge in [-0.3, -0.25) is 14.2 Å². The molecule has 1 saturated heterocycles. The Morgan fingerprint density at radius 1 is 1.03 bits per heavy atom. The highest BCUT2D eigenvalue weighted by molar-refractivity contribution is 6.29. The number of hydrogen-bond acceptors (Lipinski definition) is 5. The van der Waals surface area contributed by atoms with Crippen molar-refractivity contribution in [2.24, 2.45) is 0 Å². The van der Waals surface area contributed by atoms with Crippen molar-refractivity contribution in [3.8, 4) is 5.69 Å². The number of β-amino-alcohol motifs (C(OH)–C–C–N with tert-alkyl or cyclic N) is 1. The van der Waals surface area contributed by atoms with Gasteiger partial charge in [-0.15, -0.1) is 0 Å². The molecule has 1 aliphatic rings. The zero-order chi connectivity index (χ0) is 22.7. The lowest BCUT2D eigenvalue weighted by atomic mass is 10.1. The highest BCUT2D eigenvalue weighted by Crippen LogP contribution is 2.22. The van der Waals surface area contributed by atoms with Crippen LogP contribution in [0, 0.1) is 0 Å². The number of urea groups is 1. The van der Waals surface area contributed by atoms with Gasteiger partial charge in [0.25, 0.3) is 5.56 Å². The third kappa shape index (κ3) is 4.79. The van der Waals surface area contributed by atoms with Crippen molar-refractivity contribution < 1.29 is 14.7 Å². The molecular weight excluding hydrogens is 434 g/mol. The number of pyridine rings is 2. The summed E-state index contributed by atoms with van der Waals surface area (Å²) in [5.41, 5.74) is 1.42. The highest BCUT2D eigenvalue weighted by Gasteiger charge is 2.39. The van der Waals surface area contributed by atoms with Gasteiger partial charge in [0.1, 0.15) is 11.2 Å². The number of nitrogens with one attached hydrogen (secondary N) is 2. The molecule has 3 aromatic rings. The van der Waals surface area contributed by atoms with E-state index in [0.717, 1.165) is 0 Å². The predicted octanol–water partition coefficient (Wildman–Crippen LogP) is 2.49. The van der Waals surface area contributed by atoms with E-state index < -0.39 is 24.1 Å². The number of amides is 3. The smallest absolute Gasteiger partial charge is 0.322 e. The topological polar surface area (TPSA) is 117 Å². The van der Waals surface area contributed by atoms with Gasteiger partial charge >= 0.3 is 6.03 Å². The third-order valence-corrected chi connectivity index (χ3v) is 5.28. The van der Waals surface area contributed by atoms with E-state index in [1.807, 2.05) is 0 Å². The number of carbonyl (C=O) groups excluding carboxylic acids is 2. The van der Waals surface area contributed by atoms with Gasteiger partial charge in [0, 0.05) is 36.6 Å². The number of anilines is 2. The maximum Gasteiger partial charge on any atom is 0.322 e. The van der Waals surface area contributed by atoms with Crippen LogP contribution in [0.1, 0.15) is 6.42 Å². The number of hydrogen-bond donors (Lipinski definition) is 3. The van der Waals surface area contributed by atoms with E-state index in [4.69, 9.17) is 11.6 Å². The van der Waals surface area contributed by atoms with E-state index >= 15 is 0 Å². The maximum atomic E-state index is 12.9. The van der Waals surface area contributed by atoms with Crippen molar-refractivity contribution in [1.29, 1.82) is 0 Å². The number of carbonyl (C=O) groups is 2. The van der Waals surface area contributed by atoms with Crippen LogP contribution in [-0.2, 0) is 4.79 Å². The minimum Gasteiger partial charge on any atom is -0.391 e. The molecular formula is C22H20ClN5O4. The summed E-state index contributed by atoms with van der Waals surface area (Å²) < 4.78 is 1.48. The van der Waals surface area contributed by atoms with Gasteiger partial charge in [0.05, 0.1) is 18.0 Å². The average molecular weight is 454 g/mol. The SMILES string of the molecule is O=C(Nc1ccc(-n2ccccc2=O)cc1)C1CC(O)CN1C(=O)Nc1ccc(Cl)nc1. The van der Waals surface area contributed by atoms with Crippen molar-refractivity contribution in [3.63, 3.8) is 0 Å². The molecule has 9 nitrogen and oxygen atoms in total. The Bertz CT molecular complexity index is 1180. The number of aliphatic hydroxyl groups excluding tert-OH is 1. The third-order valence-electron chi connectivity index (χ3n) is 5.06. The van der Waals surface area contributed by atoms with Crippen LogP contribution in [0.25, 0.3) is 5.69 Å². The van der Waals surface area contributed by atoms with Crippen molar-refractivity contribution in [1.82, 2.24) is 14.5 Å². The molecule has 3 heterocycles. The molecule has 2 unspecified atom stereocenters. The van der Waals surface area contributed by atoms with Crippen LogP contribution in [-0.4, -0.2) is 50.2 Å². The van der Waals surface area contributed by atoms with Gasteiger partial charge in [0.15, 0.2) is 0 Å². The second-order valence-electron chi connectivity index (χ2n) is 7.30. The van der Waals surface area contributed by atoms with Crippen molar-refractivity contribution in [2.75, 3.05) is 17.2 Å². The first-order valence-corrected chi connectivity index (χ1v) is 10.2. The molecule has 4 rings (SSSR count). The standard InChI is InChI=1S/C22H20ClN5O4/c23-19-9-6-15(12-24-19)26-22(32)28-13-17(29)11-18(28)21(31)25-14-4-7-16(8-5-14)27-10-2-1-3-20(27)30/h1-10,12,17-18,29H,11,13H2,(H,25,31)(H,26,32). The maximum absolute atomic E-state index is 12.9.